The van der Waals surface area contributed by atoms with E-state index >= 15 is 0 Å². The average molecular weight is 288 g/mol. The molecular weight excluding hydrogens is 275 g/mol. The number of hydrogen-bond acceptors (Lipinski definition) is 4. The van der Waals surface area contributed by atoms with Gasteiger partial charge in [0.25, 0.3) is 5.91 Å². The average Bonchev–Trinajstić information content (AvgIpc) is 2.52. The van der Waals surface area contributed by atoms with Crippen LogP contribution in [0, 0.1) is 5.82 Å². The number of methoxy groups -OCH3 is 1. The molecule has 1 amide bonds. The number of benzene rings is 1. The lowest BCUT2D eigenvalue weighted by Crippen LogP contribution is -2.34. The van der Waals surface area contributed by atoms with Crippen molar-refractivity contribution in [3.63, 3.8) is 0 Å². The van der Waals surface area contributed by atoms with Crippen molar-refractivity contribution in [2.45, 2.75) is 6.04 Å². The van der Waals surface area contributed by atoms with Gasteiger partial charge in [0.2, 0.25) is 0 Å². The molecule has 0 bridgehead atoms. The number of aromatic nitrogens is 1. The minimum absolute atomic E-state index is 0.0276. The van der Waals surface area contributed by atoms with E-state index in [0.29, 0.717) is 5.56 Å². The predicted molar refractivity (Wildman–Crippen MR) is 72.9 cm³/mol. The number of rotatable bonds is 4. The standard InChI is InChI=1S/C15H13FN2O3/c1-21-15(20)13(10-5-3-2-4-6-10)18-14(19)11-7-12(16)9-17-8-11/h2-9,13H,1H3,(H,18,19). The maximum absolute atomic E-state index is 13.1. The van der Waals surface area contributed by atoms with Gasteiger partial charge in [-0.3, -0.25) is 9.78 Å². The van der Waals surface area contributed by atoms with Crippen LogP contribution in [0.5, 0.6) is 0 Å². The molecule has 1 aromatic carbocycles. The highest BCUT2D eigenvalue weighted by Gasteiger charge is 2.24. The summed E-state index contributed by atoms with van der Waals surface area (Å²) in [6, 6.07) is 8.71. The van der Waals surface area contributed by atoms with Gasteiger partial charge in [0.1, 0.15) is 5.82 Å². The fraction of sp³-hybridized carbons (Fsp3) is 0.133. The van der Waals surface area contributed by atoms with Crippen molar-refractivity contribution in [2.24, 2.45) is 0 Å². The highest BCUT2D eigenvalue weighted by Crippen LogP contribution is 2.15. The normalized spacial score (nSPS) is 11.5. The van der Waals surface area contributed by atoms with Crippen LogP contribution in [0.3, 0.4) is 0 Å². The molecule has 0 radical (unpaired) electrons. The van der Waals surface area contributed by atoms with E-state index in [0.717, 1.165) is 12.3 Å². The topological polar surface area (TPSA) is 68.3 Å². The minimum atomic E-state index is -0.966. The Labute approximate surface area is 120 Å². The van der Waals surface area contributed by atoms with E-state index in [1.165, 1.54) is 13.3 Å². The van der Waals surface area contributed by atoms with Crippen LogP contribution in [-0.2, 0) is 9.53 Å². The first-order chi connectivity index (χ1) is 10.1. The van der Waals surface area contributed by atoms with E-state index < -0.39 is 23.7 Å². The molecule has 1 aromatic heterocycles. The zero-order chi connectivity index (χ0) is 15.2. The molecule has 108 valence electrons. The molecule has 0 aliphatic heterocycles. The Morgan fingerprint density at radius 1 is 1.24 bits per heavy atom. The number of halogens is 1. The van der Waals surface area contributed by atoms with Crippen molar-refractivity contribution >= 4 is 11.9 Å². The van der Waals surface area contributed by atoms with E-state index in [1.807, 2.05) is 0 Å². The molecule has 21 heavy (non-hydrogen) atoms. The van der Waals surface area contributed by atoms with Gasteiger partial charge in [-0.05, 0) is 11.6 Å². The summed E-state index contributed by atoms with van der Waals surface area (Å²) in [7, 11) is 1.23. The maximum Gasteiger partial charge on any atom is 0.333 e. The third-order valence-corrected chi connectivity index (χ3v) is 2.81. The number of carbonyl (C=O) groups is 2. The highest BCUT2D eigenvalue weighted by atomic mass is 19.1. The molecular formula is C15H13FN2O3. The van der Waals surface area contributed by atoms with Gasteiger partial charge in [-0.1, -0.05) is 30.3 Å². The summed E-state index contributed by atoms with van der Waals surface area (Å²) >= 11 is 0. The minimum Gasteiger partial charge on any atom is -0.467 e. The first-order valence-electron chi connectivity index (χ1n) is 6.16. The number of nitrogens with one attached hydrogen (secondary N) is 1. The summed E-state index contributed by atoms with van der Waals surface area (Å²) in [5.74, 6) is -1.85. The molecule has 0 aliphatic rings. The molecule has 6 heteroatoms. The number of carbonyl (C=O) groups excluding carboxylic acids is 2. The third kappa shape index (κ3) is 3.62. The lowest BCUT2D eigenvalue weighted by Gasteiger charge is -2.16. The monoisotopic (exact) mass is 288 g/mol. The van der Waals surface area contributed by atoms with Crippen LogP contribution >= 0.6 is 0 Å². The SMILES string of the molecule is COC(=O)C(NC(=O)c1cncc(F)c1)c1ccccc1. The maximum atomic E-state index is 13.1. The first kappa shape index (κ1) is 14.6. The van der Waals surface area contributed by atoms with Gasteiger partial charge >= 0.3 is 5.97 Å². The van der Waals surface area contributed by atoms with Crippen LogP contribution < -0.4 is 5.32 Å². The van der Waals surface area contributed by atoms with E-state index in [-0.39, 0.29) is 5.56 Å². The summed E-state index contributed by atoms with van der Waals surface area (Å²) in [6.45, 7) is 0. The number of amides is 1. The molecule has 5 nitrogen and oxygen atoms in total. The second kappa shape index (κ2) is 6.60. The van der Waals surface area contributed by atoms with Crippen LogP contribution in [0.1, 0.15) is 22.0 Å². The van der Waals surface area contributed by atoms with Crippen LogP contribution in [0.4, 0.5) is 4.39 Å². The fourth-order valence-electron chi connectivity index (χ4n) is 1.79. The number of pyridine rings is 1. The number of esters is 1. The van der Waals surface area contributed by atoms with Gasteiger partial charge in [0.15, 0.2) is 6.04 Å². The lowest BCUT2D eigenvalue weighted by atomic mass is 10.1. The Hall–Kier alpha value is -2.76. The Morgan fingerprint density at radius 3 is 2.57 bits per heavy atom. The zero-order valence-electron chi connectivity index (χ0n) is 11.2. The molecule has 0 aliphatic carbocycles. The largest absolute Gasteiger partial charge is 0.467 e. The smallest absolute Gasteiger partial charge is 0.333 e. The Bertz CT molecular complexity index is 646. The van der Waals surface area contributed by atoms with Gasteiger partial charge in [0, 0.05) is 6.20 Å². The summed E-state index contributed by atoms with van der Waals surface area (Å²) in [5, 5.41) is 2.51. The van der Waals surface area contributed by atoms with Gasteiger partial charge in [0.05, 0.1) is 18.9 Å². The molecule has 0 fully saturated rings. The van der Waals surface area contributed by atoms with Crippen LogP contribution in [0.15, 0.2) is 48.8 Å². The van der Waals surface area contributed by atoms with Crippen molar-refractivity contribution in [2.75, 3.05) is 7.11 Å². The van der Waals surface area contributed by atoms with Crippen LogP contribution in [0.25, 0.3) is 0 Å². The van der Waals surface area contributed by atoms with E-state index in [9.17, 15) is 14.0 Å². The molecule has 1 atom stereocenters. The van der Waals surface area contributed by atoms with Crippen LogP contribution in [-0.4, -0.2) is 24.0 Å². The van der Waals surface area contributed by atoms with Gasteiger partial charge in [-0.25, -0.2) is 9.18 Å². The van der Waals surface area contributed by atoms with Crippen molar-refractivity contribution in [3.8, 4) is 0 Å². The lowest BCUT2D eigenvalue weighted by molar-refractivity contribution is -0.143. The Balaban J connectivity index is 2.23. The van der Waals surface area contributed by atoms with Crippen molar-refractivity contribution in [1.29, 1.82) is 0 Å². The molecule has 0 saturated carbocycles. The van der Waals surface area contributed by atoms with Gasteiger partial charge in [-0.15, -0.1) is 0 Å². The molecule has 1 heterocycles. The highest BCUT2D eigenvalue weighted by molar-refractivity contribution is 5.96. The summed E-state index contributed by atoms with van der Waals surface area (Å²) < 4.78 is 17.8. The van der Waals surface area contributed by atoms with E-state index in [2.05, 4.69) is 15.0 Å². The number of hydrogen-bond donors (Lipinski definition) is 1. The van der Waals surface area contributed by atoms with Crippen molar-refractivity contribution < 1.29 is 18.7 Å². The second-order valence-electron chi connectivity index (χ2n) is 4.23. The summed E-state index contributed by atoms with van der Waals surface area (Å²) in [4.78, 5) is 27.5. The van der Waals surface area contributed by atoms with Gasteiger partial charge in [-0.2, -0.15) is 0 Å². The summed E-state index contributed by atoms with van der Waals surface area (Å²) in [5.41, 5.74) is 0.599. The molecule has 0 saturated heterocycles. The van der Waals surface area contributed by atoms with E-state index in [4.69, 9.17) is 0 Å². The number of ether oxygens (including phenoxy) is 1. The van der Waals surface area contributed by atoms with Crippen LogP contribution in [0.2, 0.25) is 0 Å². The summed E-state index contributed by atoms with van der Waals surface area (Å²) in [6.07, 6.45) is 2.21. The predicted octanol–water partition coefficient (Wildman–Crippen LogP) is 1.86. The molecule has 2 rings (SSSR count). The van der Waals surface area contributed by atoms with Gasteiger partial charge < -0.3 is 10.1 Å². The quantitative estimate of drug-likeness (QED) is 0.872. The Kier molecular flexibility index (Phi) is 4.61. The molecule has 1 unspecified atom stereocenters. The van der Waals surface area contributed by atoms with Crippen molar-refractivity contribution in [3.05, 3.63) is 65.7 Å². The first-order valence-corrected chi connectivity index (χ1v) is 6.16. The van der Waals surface area contributed by atoms with Crippen molar-refractivity contribution in [1.82, 2.24) is 10.3 Å². The second-order valence-corrected chi connectivity index (χ2v) is 4.23. The third-order valence-electron chi connectivity index (χ3n) is 2.81. The molecule has 2 aromatic rings. The Morgan fingerprint density at radius 2 is 1.95 bits per heavy atom. The van der Waals surface area contributed by atoms with E-state index in [1.54, 1.807) is 30.3 Å². The molecule has 1 N–H and O–H groups in total. The molecule has 0 spiro atoms. The number of nitrogens with zero attached hydrogens (tertiary/aromatic N) is 1. The zero-order valence-corrected chi connectivity index (χ0v) is 11.2. The fourth-order valence-corrected chi connectivity index (χ4v) is 1.79.